The minimum atomic E-state index is 0.638. The first-order valence-corrected chi connectivity index (χ1v) is 7.93. The van der Waals surface area contributed by atoms with Gasteiger partial charge in [-0.2, -0.15) is 0 Å². The first-order valence-electron chi connectivity index (χ1n) is 7.14. The van der Waals surface area contributed by atoms with Crippen molar-refractivity contribution in [2.24, 2.45) is 5.41 Å². The molecule has 18 heavy (non-hydrogen) atoms. The second kappa shape index (κ2) is 6.21. The molecule has 1 aliphatic heterocycles. The third-order valence-corrected chi connectivity index (χ3v) is 4.53. The van der Waals surface area contributed by atoms with Crippen LogP contribution in [-0.4, -0.2) is 18.0 Å². The molecule has 0 atom stereocenters. The van der Waals surface area contributed by atoms with E-state index in [9.17, 15) is 0 Å². The third-order valence-electron chi connectivity index (χ3n) is 4.00. The molecule has 0 bridgehead atoms. The summed E-state index contributed by atoms with van der Waals surface area (Å²) in [5.41, 5.74) is 2.07. The van der Waals surface area contributed by atoms with E-state index in [2.05, 4.69) is 58.9 Å². The quantitative estimate of drug-likeness (QED) is 0.726. The topological polar surface area (TPSA) is 3.24 Å². The van der Waals surface area contributed by atoms with Gasteiger partial charge in [0.15, 0.2) is 0 Å². The van der Waals surface area contributed by atoms with Crippen LogP contribution in [0.5, 0.6) is 0 Å². The fourth-order valence-electron chi connectivity index (χ4n) is 3.36. The van der Waals surface area contributed by atoms with Crippen LogP contribution in [0.2, 0.25) is 0 Å². The highest BCUT2D eigenvalue weighted by Gasteiger charge is 2.40. The highest BCUT2D eigenvalue weighted by molar-refractivity contribution is 9.10. The van der Waals surface area contributed by atoms with Gasteiger partial charge >= 0.3 is 0 Å². The van der Waals surface area contributed by atoms with Gasteiger partial charge in [-0.05, 0) is 36.0 Å². The molecule has 0 unspecified atom stereocenters. The number of hydrogen-bond donors (Lipinski definition) is 0. The summed E-state index contributed by atoms with van der Waals surface area (Å²) in [6.07, 6.45) is 5.45. The Hall–Kier alpha value is -0.340. The molecule has 2 rings (SSSR count). The van der Waals surface area contributed by atoms with Crippen LogP contribution in [0.15, 0.2) is 28.7 Å². The van der Waals surface area contributed by atoms with Crippen molar-refractivity contribution < 1.29 is 0 Å². The van der Waals surface area contributed by atoms with Crippen molar-refractivity contribution in [3.05, 3.63) is 34.3 Å². The highest BCUT2D eigenvalue weighted by Crippen LogP contribution is 2.40. The standard InChI is InChI=1S/C16H24BrN/c1-3-9-16(10-4-2)12-18(13-16)11-14-5-7-15(17)8-6-14/h5-8H,3-4,9-13H2,1-2H3. The van der Waals surface area contributed by atoms with Crippen LogP contribution < -0.4 is 0 Å². The maximum atomic E-state index is 3.49. The lowest BCUT2D eigenvalue weighted by molar-refractivity contribution is -0.0203. The van der Waals surface area contributed by atoms with E-state index >= 15 is 0 Å². The minimum absolute atomic E-state index is 0.638. The van der Waals surface area contributed by atoms with Gasteiger partial charge in [-0.3, -0.25) is 4.90 Å². The number of nitrogens with zero attached hydrogens (tertiary/aromatic N) is 1. The predicted molar refractivity (Wildman–Crippen MR) is 81.7 cm³/mol. The summed E-state index contributed by atoms with van der Waals surface area (Å²) in [7, 11) is 0. The van der Waals surface area contributed by atoms with E-state index < -0.39 is 0 Å². The molecule has 0 spiro atoms. The number of halogens is 1. The number of benzene rings is 1. The molecule has 1 saturated heterocycles. The fraction of sp³-hybridized carbons (Fsp3) is 0.625. The lowest BCUT2D eigenvalue weighted by atomic mass is 9.72. The van der Waals surface area contributed by atoms with E-state index in [-0.39, 0.29) is 0 Å². The third kappa shape index (κ3) is 3.36. The van der Waals surface area contributed by atoms with Gasteiger partial charge in [0, 0.05) is 24.1 Å². The van der Waals surface area contributed by atoms with Gasteiger partial charge in [0.25, 0.3) is 0 Å². The summed E-state index contributed by atoms with van der Waals surface area (Å²) in [6.45, 7) is 8.33. The Labute approximate surface area is 120 Å². The zero-order valence-corrected chi connectivity index (χ0v) is 13.2. The molecule has 0 amide bonds. The molecular weight excluding hydrogens is 286 g/mol. The molecule has 0 N–H and O–H groups in total. The van der Waals surface area contributed by atoms with Crippen LogP contribution in [0.1, 0.15) is 45.1 Å². The molecule has 100 valence electrons. The van der Waals surface area contributed by atoms with Crippen molar-refractivity contribution >= 4 is 15.9 Å². The lowest BCUT2D eigenvalue weighted by Crippen LogP contribution is -2.55. The monoisotopic (exact) mass is 309 g/mol. The number of hydrogen-bond acceptors (Lipinski definition) is 1. The van der Waals surface area contributed by atoms with Crippen LogP contribution in [0.25, 0.3) is 0 Å². The van der Waals surface area contributed by atoms with E-state index in [0.717, 1.165) is 6.54 Å². The van der Waals surface area contributed by atoms with Crippen LogP contribution in [-0.2, 0) is 6.54 Å². The Balaban J connectivity index is 1.86. The van der Waals surface area contributed by atoms with E-state index in [1.807, 2.05) is 0 Å². The zero-order chi connectivity index (χ0) is 13.0. The normalized spacial score (nSPS) is 18.6. The van der Waals surface area contributed by atoms with Crippen molar-refractivity contribution in [2.45, 2.75) is 46.1 Å². The first-order chi connectivity index (χ1) is 8.67. The summed E-state index contributed by atoms with van der Waals surface area (Å²) in [5.74, 6) is 0. The second-order valence-corrected chi connectivity index (χ2v) is 6.69. The molecule has 1 aliphatic rings. The number of likely N-dealkylation sites (tertiary alicyclic amines) is 1. The van der Waals surface area contributed by atoms with Crippen molar-refractivity contribution in [2.75, 3.05) is 13.1 Å². The minimum Gasteiger partial charge on any atom is -0.298 e. The number of rotatable bonds is 6. The summed E-state index contributed by atoms with van der Waals surface area (Å²) in [4.78, 5) is 2.59. The van der Waals surface area contributed by atoms with E-state index in [1.165, 1.54) is 48.8 Å². The molecule has 1 aromatic rings. The van der Waals surface area contributed by atoms with Crippen LogP contribution in [0.4, 0.5) is 0 Å². The van der Waals surface area contributed by atoms with Gasteiger partial charge in [0.2, 0.25) is 0 Å². The van der Waals surface area contributed by atoms with Gasteiger partial charge in [0.1, 0.15) is 0 Å². The summed E-state index contributed by atoms with van der Waals surface area (Å²) in [6, 6.07) is 8.73. The van der Waals surface area contributed by atoms with Crippen LogP contribution in [0.3, 0.4) is 0 Å². The maximum absolute atomic E-state index is 3.49. The van der Waals surface area contributed by atoms with Gasteiger partial charge in [-0.25, -0.2) is 0 Å². The van der Waals surface area contributed by atoms with Crippen molar-refractivity contribution in [1.82, 2.24) is 4.90 Å². The van der Waals surface area contributed by atoms with E-state index in [0.29, 0.717) is 5.41 Å². The maximum Gasteiger partial charge on any atom is 0.0234 e. The van der Waals surface area contributed by atoms with Crippen molar-refractivity contribution in [3.8, 4) is 0 Å². The van der Waals surface area contributed by atoms with Gasteiger partial charge in [0.05, 0.1) is 0 Å². The Morgan fingerprint density at radius 1 is 1.06 bits per heavy atom. The Morgan fingerprint density at radius 2 is 1.61 bits per heavy atom. The zero-order valence-electron chi connectivity index (χ0n) is 11.6. The first kappa shape index (κ1) is 14.1. The van der Waals surface area contributed by atoms with E-state index in [4.69, 9.17) is 0 Å². The highest BCUT2D eigenvalue weighted by atomic mass is 79.9. The molecule has 0 aliphatic carbocycles. The molecule has 0 radical (unpaired) electrons. The Kier molecular flexibility index (Phi) is 4.85. The fourth-order valence-corrected chi connectivity index (χ4v) is 3.63. The smallest absolute Gasteiger partial charge is 0.0234 e. The van der Waals surface area contributed by atoms with Gasteiger partial charge in [-0.1, -0.05) is 54.8 Å². The average Bonchev–Trinajstić information content (AvgIpc) is 2.30. The molecular formula is C16H24BrN. The molecule has 1 nitrogen and oxygen atoms in total. The van der Waals surface area contributed by atoms with Gasteiger partial charge in [-0.15, -0.1) is 0 Å². The van der Waals surface area contributed by atoms with Crippen molar-refractivity contribution in [1.29, 1.82) is 0 Å². The van der Waals surface area contributed by atoms with Crippen LogP contribution >= 0.6 is 15.9 Å². The summed E-state index contributed by atoms with van der Waals surface area (Å²) in [5, 5.41) is 0. The largest absolute Gasteiger partial charge is 0.298 e. The lowest BCUT2D eigenvalue weighted by Gasteiger charge is -2.51. The molecule has 1 heterocycles. The SMILES string of the molecule is CCCC1(CCC)CN(Cc2ccc(Br)cc2)C1. The average molecular weight is 310 g/mol. The van der Waals surface area contributed by atoms with E-state index in [1.54, 1.807) is 0 Å². The molecule has 1 aromatic carbocycles. The summed E-state index contributed by atoms with van der Waals surface area (Å²) >= 11 is 3.49. The predicted octanol–water partition coefficient (Wildman–Crippen LogP) is 4.85. The Bertz CT molecular complexity index is 357. The van der Waals surface area contributed by atoms with Crippen LogP contribution in [0, 0.1) is 5.41 Å². The molecule has 0 saturated carbocycles. The molecule has 1 fully saturated rings. The molecule has 2 heteroatoms. The Morgan fingerprint density at radius 3 is 2.11 bits per heavy atom. The second-order valence-electron chi connectivity index (χ2n) is 5.77. The van der Waals surface area contributed by atoms with Gasteiger partial charge < -0.3 is 0 Å². The van der Waals surface area contributed by atoms with Crippen molar-refractivity contribution in [3.63, 3.8) is 0 Å². The summed E-state index contributed by atoms with van der Waals surface area (Å²) < 4.78 is 1.17. The molecule has 0 aromatic heterocycles.